The number of allylic oxidation sites excluding steroid dienone is 2. The van der Waals surface area contributed by atoms with E-state index in [4.69, 9.17) is 16.3 Å². The number of fused-ring (bicyclic) bond motifs is 1. The number of nitrogens with zero attached hydrogens (tertiary/aromatic N) is 1. The van der Waals surface area contributed by atoms with Crippen LogP contribution < -0.4 is 4.74 Å². The summed E-state index contributed by atoms with van der Waals surface area (Å²) in [6.07, 6.45) is 4.08. The van der Waals surface area contributed by atoms with E-state index in [2.05, 4.69) is 0 Å². The molecule has 1 aliphatic carbocycles. The van der Waals surface area contributed by atoms with E-state index in [1.54, 1.807) is 17.0 Å². The Morgan fingerprint density at radius 3 is 3.05 bits per heavy atom. The van der Waals surface area contributed by atoms with Gasteiger partial charge in [0.05, 0.1) is 22.6 Å². The predicted octanol–water partition coefficient (Wildman–Crippen LogP) is 4.21. The molecule has 0 radical (unpaired) electrons. The average molecular weight is 338 g/mol. The Bertz CT molecular complexity index is 717. The van der Waals surface area contributed by atoms with E-state index in [-0.39, 0.29) is 17.7 Å². The van der Waals surface area contributed by atoms with Gasteiger partial charge in [0.1, 0.15) is 5.76 Å². The van der Waals surface area contributed by atoms with Gasteiger partial charge in [0.2, 0.25) is 0 Å². The second kappa shape index (κ2) is 5.82. The van der Waals surface area contributed by atoms with Crippen molar-refractivity contribution in [2.24, 2.45) is 0 Å². The maximum Gasteiger partial charge on any atom is 0.268 e. The Kier molecular flexibility index (Phi) is 4.02. The first-order valence-electron chi connectivity index (χ1n) is 7.06. The van der Waals surface area contributed by atoms with Gasteiger partial charge in [0, 0.05) is 5.70 Å². The van der Waals surface area contributed by atoms with Crippen molar-refractivity contribution in [3.63, 3.8) is 0 Å². The summed E-state index contributed by atoms with van der Waals surface area (Å²) < 4.78 is 5.42. The summed E-state index contributed by atoms with van der Waals surface area (Å²) in [5, 5.41) is 10.8. The Labute approximate surface area is 138 Å². The standard InChI is InChI=1S/C16H16ClNO3S/c1-3-21-14-7-6-13(22-14)16(20)18-9(2)8-10-11(18)4-5-12(19)15(10)17/h5-8,11,19H,3-4H2,1-2H3. The monoisotopic (exact) mass is 337 g/mol. The van der Waals surface area contributed by atoms with Crippen LogP contribution >= 0.6 is 22.9 Å². The minimum absolute atomic E-state index is 0.0658. The maximum absolute atomic E-state index is 12.8. The van der Waals surface area contributed by atoms with Crippen molar-refractivity contribution in [1.82, 2.24) is 4.90 Å². The van der Waals surface area contributed by atoms with Gasteiger partial charge in [0.25, 0.3) is 5.91 Å². The molecular weight excluding hydrogens is 322 g/mol. The predicted molar refractivity (Wildman–Crippen MR) is 87.4 cm³/mol. The third kappa shape index (κ3) is 2.44. The fraction of sp³-hybridized carbons (Fsp3) is 0.312. The highest BCUT2D eigenvalue weighted by Crippen LogP contribution is 2.39. The quantitative estimate of drug-likeness (QED) is 0.898. The molecule has 22 heavy (non-hydrogen) atoms. The molecule has 0 saturated heterocycles. The molecule has 1 aromatic rings. The van der Waals surface area contributed by atoms with Crippen LogP contribution in [0.2, 0.25) is 0 Å². The molecule has 6 heteroatoms. The lowest BCUT2D eigenvalue weighted by Gasteiger charge is -2.28. The topological polar surface area (TPSA) is 49.8 Å². The molecule has 2 aliphatic rings. The number of ether oxygens (including phenoxy) is 1. The van der Waals surface area contributed by atoms with Gasteiger partial charge in [-0.2, -0.15) is 0 Å². The number of carbonyl (C=O) groups is 1. The molecule has 0 spiro atoms. The van der Waals surface area contributed by atoms with Crippen molar-refractivity contribution in [3.05, 3.63) is 51.2 Å². The van der Waals surface area contributed by atoms with Crippen LogP contribution in [0, 0.1) is 0 Å². The summed E-state index contributed by atoms with van der Waals surface area (Å²) >= 11 is 7.50. The fourth-order valence-corrected chi connectivity index (χ4v) is 3.86. The molecule has 116 valence electrons. The summed E-state index contributed by atoms with van der Waals surface area (Å²) in [4.78, 5) is 15.2. The summed E-state index contributed by atoms with van der Waals surface area (Å²) in [6.45, 7) is 4.36. The first kappa shape index (κ1) is 15.2. The van der Waals surface area contributed by atoms with Crippen LogP contribution in [0.4, 0.5) is 0 Å². The van der Waals surface area contributed by atoms with Crippen LogP contribution in [0.1, 0.15) is 29.9 Å². The third-order valence-corrected chi connectivity index (χ3v) is 5.12. The molecule has 1 atom stereocenters. The zero-order valence-corrected chi connectivity index (χ0v) is 13.9. The molecule has 1 aromatic heterocycles. The van der Waals surface area contributed by atoms with Crippen LogP contribution in [0.15, 0.2) is 46.3 Å². The number of carbonyl (C=O) groups excluding carboxylic acids is 1. The maximum atomic E-state index is 12.8. The summed E-state index contributed by atoms with van der Waals surface area (Å²) in [5.41, 5.74) is 1.63. The third-order valence-electron chi connectivity index (χ3n) is 3.73. The van der Waals surface area contributed by atoms with Crippen molar-refractivity contribution in [1.29, 1.82) is 0 Å². The Morgan fingerprint density at radius 1 is 1.55 bits per heavy atom. The average Bonchev–Trinajstić information content (AvgIpc) is 3.07. The van der Waals surface area contributed by atoms with Gasteiger partial charge in [-0.25, -0.2) is 0 Å². The minimum Gasteiger partial charge on any atom is -0.507 e. The van der Waals surface area contributed by atoms with Gasteiger partial charge >= 0.3 is 0 Å². The van der Waals surface area contributed by atoms with Gasteiger partial charge in [-0.15, -0.1) is 0 Å². The van der Waals surface area contributed by atoms with Crippen molar-refractivity contribution in [3.8, 4) is 5.06 Å². The smallest absolute Gasteiger partial charge is 0.268 e. The van der Waals surface area contributed by atoms with E-state index in [9.17, 15) is 9.90 Å². The number of thiophene rings is 1. The molecule has 0 aromatic carbocycles. The fourth-order valence-electron chi connectivity index (χ4n) is 2.75. The summed E-state index contributed by atoms with van der Waals surface area (Å²) in [7, 11) is 0. The van der Waals surface area contributed by atoms with Gasteiger partial charge < -0.3 is 14.7 Å². The summed E-state index contributed by atoms with van der Waals surface area (Å²) in [6, 6.07) is 3.45. The number of amides is 1. The van der Waals surface area contributed by atoms with E-state index in [0.717, 1.165) is 16.3 Å². The highest BCUT2D eigenvalue weighted by Gasteiger charge is 2.37. The number of aliphatic hydroxyl groups excluding tert-OH is 1. The highest BCUT2D eigenvalue weighted by molar-refractivity contribution is 7.15. The minimum atomic E-state index is -0.145. The molecule has 0 fully saturated rings. The lowest BCUT2D eigenvalue weighted by atomic mass is 9.99. The number of rotatable bonds is 3. The number of aliphatic hydroxyl groups is 1. The van der Waals surface area contributed by atoms with E-state index in [1.165, 1.54) is 11.3 Å². The Hall–Kier alpha value is -1.72. The summed E-state index contributed by atoms with van der Waals surface area (Å²) in [5.74, 6) is 0.0185. The van der Waals surface area contributed by atoms with Gasteiger partial charge in [-0.05, 0) is 50.1 Å². The number of hydrogen-bond donors (Lipinski definition) is 1. The van der Waals surface area contributed by atoms with Crippen molar-refractivity contribution >= 4 is 28.8 Å². The lowest BCUT2D eigenvalue weighted by Crippen LogP contribution is -2.36. The Balaban J connectivity index is 1.89. The lowest BCUT2D eigenvalue weighted by molar-refractivity contribution is 0.0785. The number of halogens is 1. The largest absolute Gasteiger partial charge is 0.507 e. The van der Waals surface area contributed by atoms with Crippen molar-refractivity contribution < 1.29 is 14.6 Å². The van der Waals surface area contributed by atoms with Crippen LogP contribution in [0.25, 0.3) is 0 Å². The molecule has 1 amide bonds. The van der Waals surface area contributed by atoms with Gasteiger partial charge in [-0.1, -0.05) is 22.9 Å². The van der Waals surface area contributed by atoms with E-state index < -0.39 is 0 Å². The first-order chi connectivity index (χ1) is 10.5. The molecule has 1 aliphatic heterocycles. The zero-order chi connectivity index (χ0) is 15.9. The number of hydrogen-bond acceptors (Lipinski definition) is 4. The molecule has 0 saturated carbocycles. The van der Waals surface area contributed by atoms with E-state index >= 15 is 0 Å². The van der Waals surface area contributed by atoms with Crippen molar-refractivity contribution in [2.45, 2.75) is 26.3 Å². The second-order valence-corrected chi connectivity index (χ2v) is 6.55. The molecular formula is C16H16ClNO3S. The van der Waals surface area contributed by atoms with Crippen molar-refractivity contribution in [2.75, 3.05) is 6.61 Å². The normalized spacial score (nSPS) is 20.7. The molecule has 1 N–H and O–H groups in total. The SMILES string of the molecule is CCOc1ccc(C(=O)N2C(C)=CC3=C(Cl)C(O)=CCC32)s1. The molecule has 2 heterocycles. The zero-order valence-electron chi connectivity index (χ0n) is 12.3. The van der Waals surface area contributed by atoms with Crippen LogP contribution in [0.3, 0.4) is 0 Å². The van der Waals surface area contributed by atoms with Crippen LogP contribution in [-0.2, 0) is 0 Å². The Morgan fingerprint density at radius 2 is 2.32 bits per heavy atom. The van der Waals surface area contributed by atoms with E-state index in [1.807, 2.05) is 26.0 Å². The molecule has 0 bridgehead atoms. The van der Waals surface area contributed by atoms with Gasteiger partial charge in [-0.3, -0.25) is 4.79 Å². The molecule has 4 nitrogen and oxygen atoms in total. The molecule has 1 unspecified atom stereocenters. The van der Waals surface area contributed by atoms with E-state index in [0.29, 0.717) is 22.9 Å². The van der Waals surface area contributed by atoms with Crippen LogP contribution in [0.5, 0.6) is 5.06 Å². The molecule has 3 rings (SSSR count). The van der Waals surface area contributed by atoms with Crippen LogP contribution in [-0.4, -0.2) is 28.6 Å². The highest BCUT2D eigenvalue weighted by atomic mass is 35.5. The first-order valence-corrected chi connectivity index (χ1v) is 8.26. The second-order valence-electron chi connectivity index (χ2n) is 5.12. The van der Waals surface area contributed by atoms with Gasteiger partial charge in [0.15, 0.2) is 5.06 Å².